The van der Waals surface area contributed by atoms with Crippen molar-refractivity contribution in [2.75, 3.05) is 0 Å². The van der Waals surface area contributed by atoms with Gasteiger partial charge >= 0.3 is 0 Å². The van der Waals surface area contributed by atoms with Crippen LogP contribution >= 0.6 is 0 Å². The van der Waals surface area contributed by atoms with E-state index in [9.17, 15) is 9.90 Å². The molecule has 0 aromatic carbocycles. The number of hydrogen-bond donors (Lipinski definition) is 1. The van der Waals surface area contributed by atoms with Crippen molar-refractivity contribution in [3.05, 3.63) is 36.0 Å². The van der Waals surface area contributed by atoms with Gasteiger partial charge in [0.25, 0.3) is 0 Å². The quantitative estimate of drug-likeness (QED) is 0.588. The van der Waals surface area contributed by atoms with E-state index >= 15 is 0 Å². The predicted molar refractivity (Wildman–Crippen MR) is 94.9 cm³/mol. The Bertz CT molecular complexity index is 706. The number of hydrogen-bond acceptors (Lipinski definition) is 2. The summed E-state index contributed by atoms with van der Waals surface area (Å²) in [5, 5.41) is 11.1. The van der Waals surface area contributed by atoms with E-state index in [0.717, 1.165) is 32.1 Å². The Morgan fingerprint density at radius 3 is 2.92 bits per heavy atom. The van der Waals surface area contributed by atoms with Crippen LogP contribution in [0.3, 0.4) is 0 Å². The highest BCUT2D eigenvalue weighted by Crippen LogP contribution is 2.64. The van der Waals surface area contributed by atoms with Crippen LogP contribution in [-0.4, -0.2) is 16.5 Å². The Labute approximate surface area is 144 Å². The Balaban J connectivity index is 1.75. The molecule has 2 heteroatoms. The molecule has 4 aliphatic carbocycles. The van der Waals surface area contributed by atoms with E-state index in [0.29, 0.717) is 30.1 Å². The van der Waals surface area contributed by atoms with Gasteiger partial charge < -0.3 is 5.11 Å². The Morgan fingerprint density at radius 1 is 1.42 bits per heavy atom. The number of terminal acetylenes is 1. The predicted octanol–water partition coefficient (Wildman–Crippen LogP) is 3.82. The molecule has 0 saturated heterocycles. The molecule has 2 fully saturated rings. The van der Waals surface area contributed by atoms with Crippen molar-refractivity contribution < 1.29 is 9.90 Å². The summed E-state index contributed by atoms with van der Waals surface area (Å²) in [4.78, 5) is 11.8. The number of fused-ring (bicyclic) bond motifs is 5. The summed E-state index contributed by atoms with van der Waals surface area (Å²) in [7, 11) is 0. The van der Waals surface area contributed by atoms with Crippen LogP contribution in [0.4, 0.5) is 0 Å². The Hall–Kier alpha value is -1.59. The number of allylic oxidation sites excluding steroid dienone is 4. The van der Waals surface area contributed by atoms with Gasteiger partial charge in [-0.05, 0) is 67.9 Å². The molecule has 0 bridgehead atoms. The molecule has 4 rings (SSSR count). The Kier molecular flexibility index (Phi) is 3.45. The van der Waals surface area contributed by atoms with Crippen LogP contribution in [0.5, 0.6) is 0 Å². The monoisotopic (exact) mass is 322 g/mol. The lowest BCUT2D eigenvalue weighted by Gasteiger charge is -2.56. The number of aliphatic hydroxyl groups is 1. The van der Waals surface area contributed by atoms with Gasteiger partial charge in [0.1, 0.15) is 5.60 Å². The SMILES string of the molecule is C#C[C@]1(O)C=C[C@H]2[C@@H]3CCC4=CC(=O)CC[C@@H]4[C@H]3C(=C)C[C@@]21CC. The zero-order valence-corrected chi connectivity index (χ0v) is 14.4. The average molecular weight is 322 g/mol. The minimum atomic E-state index is -1.15. The van der Waals surface area contributed by atoms with Crippen molar-refractivity contribution in [2.24, 2.45) is 29.1 Å². The summed E-state index contributed by atoms with van der Waals surface area (Å²) in [6, 6.07) is 0. The van der Waals surface area contributed by atoms with Gasteiger partial charge in [0.05, 0.1) is 0 Å². The topological polar surface area (TPSA) is 37.3 Å². The van der Waals surface area contributed by atoms with Crippen molar-refractivity contribution in [1.29, 1.82) is 0 Å². The fourth-order valence-corrected chi connectivity index (χ4v) is 6.34. The van der Waals surface area contributed by atoms with Crippen LogP contribution in [0, 0.1) is 41.4 Å². The maximum Gasteiger partial charge on any atom is 0.155 e. The molecule has 126 valence electrons. The molecule has 0 spiro atoms. The first kappa shape index (κ1) is 15.9. The first-order valence-corrected chi connectivity index (χ1v) is 9.26. The standard InChI is InChI=1S/C22H26O2/c1-4-21-13-14(3)20-17-9-7-16(23)12-15(17)6-8-18(20)19(21)10-11-22(21,24)5-2/h2,10-12,17-20,24H,3-4,6-9,13H2,1H3/t17-,18-,19-,20+,21-,22-/m0/s1. The first-order valence-electron chi connectivity index (χ1n) is 9.26. The largest absolute Gasteiger partial charge is 0.373 e. The van der Waals surface area contributed by atoms with E-state index in [-0.39, 0.29) is 11.2 Å². The number of carbonyl (C=O) groups is 1. The lowest BCUT2D eigenvalue weighted by Crippen LogP contribution is -2.54. The van der Waals surface area contributed by atoms with Crippen LogP contribution in [-0.2, 0) is 4.79 Å². The summed E-state index contributed by atoms with van der Waals surface area (Å²) in [5.41, 5.74) is 1.12. The fraction of sp³-hybridized carbons (Fsp3) is 0.591. The van der Waals surface area contributed by atoms with Gasteiger partial charge in [-0.1, -0.05) is 36.6 Å². The molecule has 0 heterocycles. The summed E-state index contributed by atoms with van der Waals surface area (Å²) < 4.78 is 0. The van der Waals surface area contributed by atoms with Crippen LogP contribution in [0.1, 0.15) is 45.4 Å². The molecular formula is C22H26O2. The zero-order chi connectivity index (χ0) is 17.1. The molecular weight excluding hydrogens is 296 g/mol. The van der Waals surface area contributed by atoms with E-state index in [1.165, 1.54) is 11.1 Å². The van der Waals surface area contributed by atoms with Crippen molar-refractivity contribution in [1.82, 2.24) is 0 Å². The van der Waals surface area contributed by atoms with Gasteiger partial charge in [-0.25, -0.2) is 0 Å². The maximum atomic E-state index is 11.8. The zero-order valence-electron chi connectivity index (χ0n) is 14.4. The minimum absolute atomic E-state index is 0.284. The lowest BCUT2D eigenvalue weighted by atomic mass is 9.48. The molecule has 0 aromatic rings. The van der Waals surface area contributed by atoms with Crippen LogP contribution in [0.2, 0.25) is 0 Å². The molecule has 24 heavy (non-hydrogen) atoms. The summed E-state index contributed by atoms with van der Waals surface area (Å²) >= 11 is 0. The molecule has 0 aromatic heterocycles. The number of rotatable bonds is 1. The highest BCUT2D eigenvalue weighted by atomic mass is 16.3. The second kappa shape index (κ2) is 5.20. The van der Waals surface area contributed by atoms with E-state index in [1.54, 1.807) is 0 Å². The van der Waals surface area contributed by atoms with Gasteiger partial charge in [-0.15, -0.1) is 6.42 Å². The van der Waals surface area contributed by atoms with E-state index in [1.807, 2.05) is 12.2 Å². The van der Waals surface area contributed by atoms with Gasteiger partial charge in [0.15, 0.2) is 5.78 Å². The van der Waals surface area contributed by atoms with Crippen molar-refractivity contribution >= 4 is 5.78 Å². The molecule has 6 atom stereocenters. The molecule has 2 nitrogen and oxygen atoms in total. The van der Waals surface area contributed by atoms with Gasteiger partial charge in [0.2, 0.25) is 0 Å². The average Bonchev–Trinajstić information content (AvgIpc) is 2.88. The van der Waals surface area contributed by atoms with Gasteiger partial charge in [-0.3, -0.25) is 4.79 Å². The second-order valence-corrected chi connectivity index (χ2v) is 8.20. The number of ketones is 1. The fourth-order valence-electron chi connectivity index (χ4n) is 6.34. The van der Waals surface area contributed by atoms with Crippen molar-refractivity contribution in [2.45, 2.75) is 51.0 Å². The van der Waals surface area contributed by atoms with Crippen LogP contribution in [0.25, 0.3) is 0 Å². The lowest BCUT2D eigenvalue weighted by molar-refractivity contribution is -0.116. The van der Waals surface area contributed by atoms with Crippen molar-refractivity contribution in [3.63, 3.8) is 0 Å². The van der Waals surface area contributed by atoms with E-state index in [2.05, 4.69) is 25.5 Å². The third kappa shape index (κ3) is 1.85. The summed E-state index contributed by atoms with van der Waals surface area (Å²) in [6.07, 6.45) is 17.1. The smallest absolute Gasteiger partial charge is 0.155 e. The molecule has 0 aliphatic heterocycles. The third-order valence-electron chi connectivity index (χ3n) is 7.45. The van der Waals surface area contributed by atoms with Gasteiger partial charge in [-0.2, -0.15) is 0 Å². The summed E-state index contributed by atoms with van der Waals surface area (Å²) in [6.45, 7) is 6.58. The molecule has 4 aliphatic rings. The molecule has 0 radical (unpaired) electrons. The van der Waals surface area contributed by atoms with Crippen LogP contribution in [0.15, 0.2) is 36.0 Å². The molecule has 0 unspecified atom stereocenters. The molecule has 1 N–H and O–H groups in total. The number of carbonyl (C=O) groups excluding carboxylic acids is 1. The minimum Gasteiger partial charge on any atom is -0.373 e. The first-order chi connectivity index (χ1) is 11.5. The molecule has 0 amide bonds. The van der Waals surface area contributed by atoms with Crippen molar-refractivity contribution in [3.8, 4) is 12.3 Å². The second-order valence-electron chi connectivity index (χ2n) is 8.20. The van der Waals surface area contributed by atoms with Gasteiger partial charge in [0, 0.05) is 11.8 Å². The van der Waals surface area contributed by atoms with Crippen LogP contribution < -0.4 is 0 Å². The Morgan fingerprint density at radius 2 is 2.21 bits per heavy atom. The van der Waals surface area contributed by atoms with E-state index < -0.39 is 5.60 Å². The third-order valence-corrected chi connectivity index (χ3v) is 7.45. The molecule has 2 saturated carbocycles. The summed E-state index contributed by atoms with van der Waals surface area (Å²) in [5.74, 6) is 4.68. The van der Waals surface area contributed by atoms with E-state index in [4.69, 9.17) is 6.42 Å². The highest BCUT2D eigenvalue weighted by Gasteiger charge is 2.62. The normalized spacial score (nSPS) is 46.6. The maximum absolute atomic E-state index is 11.8. The highest BCUT2D eigenvalue weighted by molar-refractivity contribution is 5.91.